The molecule has 0 atom stereocenters. The number of ether oxygens (including phenoxy) is 2. The number of rotatable bonds is 12. The lowest BCUT2D eigenvalue weighted by Crippen LogP contribution is -2.16. The molecular formula is C21H27N7O4S. The quantitative estimate of drug-likeness (QED) is 0.381. The average molecular weight is 474 g/mol. The molecule has 176 valence electrons. The molecule has 3 aromatic rings. The first-order valence-corrected chi connectivity index (χ1v) is 11.4. The van der Waals surface area contributed by atoms with Crippen molar-refractivity contribution in [2.45, 2.75) is 32.1 Å². The number of nitrogens with one attached hydrogen (secondary N) is 1. The van der Waals surface area contributed by atoms with E-state index in [2.05, 4.69) is 20.6 Å². The van der Waals surface area contributed by atoms with E-state index in [1.807, 2.05) is 24.6 Å². The predicted octanol–water partition coefficient (Wildman–Crippen LogP) is 2.04. The second-order valence-corrected chi connectivity index (χ2v) is 7.81. The third kappa shape index (κ3) is 6.11. The number of thioether (sulfide) groups is 1. The topological polar surface area (TPSA) is 139 Å². The minimum absolute atomic E-state index is 0.120. The Morgan fingerprint density at radius 2 is 1.94 bits per heavy atom. The van der Waals surface area contributed by atoms with Crippen molar-refractivity contribution < 1.29 is 19.1 Å². The summed E-state index contributed by atoms with van der Waals surface area (Å²) in [4.78, 5) is 23.6. The van der Waals surface area contributed by atoms with Crippen LogP contribution in [0.25, 0.3) is 11.4 Å². The maximum atomic E-state index is 12.4. The van der Waals surface area contributed by atoms with Gasteiger partial charge in [0.15, 0.2) is 11.0 Å². The van der Waals surface area contributed by atoms with Crippen LogP contribution in [-0.2, 0) is 22.6 Å². The van der Waals surface area contributed by atoms with Crippen LogP contribution in [0.2, 0.25) is 0 Å². The van der Waals surface area contributed by atoms with Crippen molar-refractivity contribution in [3.05, 3.63) is 36.0 Å². The molecular weight excluding hydrogens is 446 g/mol. The summed E-state index contributed by atoms with van der Waals surface area (Å²) < 4.78 is 14.6. The lowest BCUT2D eigenvalue weighted by Gasteiger charge is -2.10. The highest BCUT2D eigenvalue weighted by atomic mass is 32.2. The van der Waals surface area contributed by atoms with Gasteiger partial charge in [-0.2, -0.15) is 0 Å². The zero-order chi connectivity index (χ0) is 23.8. The van der Waals surface area contributed by atoms with E-state index in [9.17, 15) is 9.59 Å². The smallest absolute Gasteiger partial charge is 0.248 e. The zero-order valence-corrected chi connectivity index (χ0v) is 19.6. The monoisotopic (exact) mass is 473 g/mol. The SMILES string of the molecule is CCOc1nn(CC)cc1-c1nnc(SCC(=O)Nc2ccc(C(N)=O)cc2)n1CCOC. The number of amides is 2. The molecule has 12 heteroatoms. The van der Waals surface area contributed by atoms with E-state index in [1.54, 1.807) is 36.1 Å². The Morgan fingerprint density at radius 1 is 1.18 bits per heavy atom. The Balaban J connectivity index is 1.75. The van der Waals surface area contributed by atoms with Crippen molar-refractivity contribution in [3.8, 4) is 17.3 Å². The molecule has 3 N–H and O–H groups in total. The number of carbonyl (C=O) groups excluding carboxylic acids is 2. The lowest BCUT2D eigenvalue weighted by molar-refractivity contribution is -0.113. The van der Waals surface area contributed by atoms with Crippen LogP contribution < -0.4 is 15.8 Å². The molecule has 0 fully saturated rings. The van der Waals surface area contributed by atoms with Gasteiger partial charge >= 0.3 is 0 Å². The molecule has 11 nitrogen and oxygen atoms in total. The summed E-state index contributed by atoms with van der Waals surface area (Å²) in [5, 5.41) is 16.4. The van der Waals surface area contributed by atoms with E-state index in [-0.39, 0.29) is 11.7 Å². The van der Waals surface area contributed by atoms with Crippen LogP contribution in [-0.4, -0.2) is 62.4 Å². The van der Waals surface area contributed by atoms with Crippen molar-refractivity contribution in [2.75, 3.05) is 31.4 Å². The third-order valence-corrected chi connectivity index (χ3v) is 5.56. The first-order valence-electron chi connectivity index (χ1n) is 10.4. The summed E-state index contributed by atoms with van der Waals surface area (Å²) in [6.07, 6.45) is 1.87. The van der Waals surface area contributed by atoms with Crippen LogP contribution in [0.15, 0.2) is 35.6 Å². The summed E-state index contributed by atoms with van der Waals surface area (Å²) >= 11 is 1.26. The number of nitrogens with two attached hydrogens (primary N) is 1. The highest BCUT2D eigenvalue weighted by Gasteiger charge is 2.21. The largest absolute Gasteiger partial charge is 0.476 e. The van der Waals surface area contributed by atoms with Gasteiger partial charge < -0.3 is 20.5 Å². The molecule has 2 amide bonds. The molecule has 0 aliphatic carbocycles. The number of primary amides is 1. The summed E-state index contributed by atoms with van der Waals surface area (Å²) in [5.41, 5.74) is 6.91. The molecule has 0 aliphatic heterocycles. The van der Waals surface area contributed by atoms with Crippen LogP contribution in [0, 0.1) is 0 Å². The van der Waals surface area contributed by atoms with Crippen LogP contribution in [0.3, 0.4) is 0 Å². The number of hydrogen-bond acceptors (Lipinski definition) is 8. The number of benzene rings is 1. The first kappa shape index (κ1) is 24.3. The number of anilines is 1. The molecule has 33 heavy (non-hydrogen) atoms. The Kier molecular flexibility index (Phi) is 8.44. The average Bonchev–Trinajstić information content (AvgIpc) is 3.40. The maximum Gasteiger partial charge on any atom is 0.248 e. The predicted molar refractivity (Wildman–Crippen MR) is 124 cm³/mol. The molecule has 1 aromatic carbocycles. The fraction of sp³-hybridized carbons (Fsp3) is 0.381. The van der Waals surface area contributed by atoms with E-state index in [1.165, 1.54) is 11.8 Å². The number of methoxy groups -OCH3 is 1. The molecule has 0 radical (unpaired) electrons. The van der Waals surface area contributed by atoms with E-state index in [4.69, 9.17) is 15.2 Å². The van der Waals surface area contributed by atoms with Crippen LogP contribution in [0.4, 0.5) is 5.69 Å². The number of hydrogen-bond donors (Lipinski definition) is 2. The van der Waals surface area contributed by atoms with Gasteiger partial charge in [0, 0.05) is 31.1 Å². The van der Waals surface area contributed by atoms with Gasteiger partial charge in [-0.1, -0.05) is 11.8 Å². The molecule has 2 aromatic heterocycles. The molecule has 0 saturated carbocycles. The first-order chi connectivity index (χ1) is 16.0. The van der Waals surface area contributed by atoms with Gasteiger partial charge in [0.2, 0.25) is 17.7 Å². The maximum absolute atomic E-state index is 12.4. The van der Waals surface area contributed by atoms with Gasteiger partial charge in [-0.15, -0.1) is 15.3 Å². The highest BCUT2D eigenvalue weighted by molar-refractivity contribution is 7.99. The van der Waals surface area contributed by atoms with Gasteiger partial charge in [-0.05, 0) is 38.1 Å². The fourth-order valence-electron chi connectivity index (χ4n) is 2.99. The van der Waals surface area contributed by atoms with Gasteiger partial charge in [0.05, 0.1) is 25.5 Å². The van der Waals surface area contributed by atoms with Crippen molar-refractivity contribution in [2.24, 2.45) is 5.73 Å². The Bertz CT molecular complexity index is 1090. The molecule has 0 spiro atoms. The van der Waals surface area contributed by atoms with Gasteiger partial charge in [-0.3, -0.25) is 18.8 Å². The molecule has 0 unspecified atom stereocenters. The van der Waals surface area contributed by atoms with E-state index in [0.717, 1.165) is 5.56 Å². The van der Waals surface area contributed by atoms with E-state index in [0.29, 0.717) is 54.4 Å². The second kappa shape index (κ2) is 11.5. The van der Waals surface area contributed by atoms with Crippen LogP contribution >= 0.6 is 11.8 Å². The highest BCUT2D eigenvalue weighted by Crippen LogP contribution is 2.30. The summed E-state index contributed by atoms with van der Waals surface area (Å²) in [5.74, 6) is 0.462. The lowest BCUT2D eigenvalue weighted by atomic mass is 10.2. The Hall–Kier alpha value is -3.38. The normalized spacial score (nSPS) is 10.9. The van der Waals surface area contributed by atoms with E-state index < -0.39 is 5.91 Å². The molecule has 2 heterocycles. The number of aromatic nitrogens is 5. The summed E-state index contributed by atoms with van der Waals surface area (Å²) in [6, 6.07) is 6.38. The standard InChI is InChI=1S/C21H27N7O4S/c1-4-27-12-16(20(26-27)32-5-2)19-24-25-21(28(19)10-11-31-3)33-13-17(29)23-15-8-6-14(7-9-15)18(22)30/h6-9,12H,4-5,10-11,13H2,1-3H3,(H2,22,30)(H,23,29). The number of carbonyl (C=O) groups is 2. The molecule has 0 aliphatic rings. The summed E-state index contributed by atoms with van der Waals surface area (Å²) in [6.45, 7) is 5.99. The van der Waals surface area contributed by atoms with Gasteiger partial charge in [0.1, 0.15) is 5.56 Å². The summed E-state index contributed by atoms with van der Waals surface area (Å²) in [7, 11) is 1.62. The third-order valence-electron chi connectivity index (χ3n) is 4.60. The second-order valence-electron chi connectivity index (χ2n) is 6.87. The number of nitrogens with zero attached hydrogens (tertiary/aromatic N) is 5. The van der Waals surface area contributed by atoms with Crippen molar-refractivity contribution in [1.29, 1.82) is 0 Å². The molecule has 0 saturated heterocycles. The van der Waals surface area contributed by atoms with Crippen LogP contribution in [0.1, 0.15) is 24.2 Å². The minimum Gasteiger partial charge on any atom is -0.476 e. The fourth-order valence-corrected chi connectivity index (χ4v) is 3.75. The van der Waals surface area contributed by atoms with Gasteiger partial charge in [-0.25, -0.2) is 0 Å². The van der Waals surface area contributed by atoms with Crippen molar-refractivity contribution in [1.82, 2.24) is 24.5 Å². The molecule has 3 rings (SSSR count). The van der Waals surface area contributed by atoms with Crippen molar-refractivity contribution in [3.63, 3.8) is 0 Å². The number of aryl methyl sites for hydroxylation is 1. The van der Waals surface area contributed by atoms with E-state index >= 15 is 0 Å². The van der Waals surface area contributed by atoms with Crippen molar-refractivity contribution >= 4 is 29.3 Å². The zero-order valence-electron chi connectivity index (χ0n) is 18.8. The Labute approximate surface area is 195 Å². The van der Waals surface area contributed by atoms with Gasteiger partial charge in [0.25, 0.3) is 0 Å². The Morgan fingerprint density at radius 3 is 2.58 bits per heavy atom. The van der Waals surface area contributed by atoms with Crippen LogP contribution in [0.5, 0.6) is 5.88 Å². The molecule has 0 bridgehead atoms. The minimum atomic E-state index is -0.522.